The van der Waals surface area contributed by atoms with E-state index in [-0.39, 0.29) is 10.3 Å². The molecule has 0 fully saturated rings. The number of aromatic nitrogens is 1. The van der Waals surface area contributed by atoms with Crippen LogP contribution in [0.1, 0.15) is 12.0 Å². The second kappa shape index (κ2) is 3.30. The zero-order valence-electron chi connectivity index (χ0n) is 5.69. The summed E-state index contributed by atoms with van der Waals surface area (Å²) in [6, 6.07) is 0.919. The Bertz CT molecular complexity index is 303. The van der Waals surface area contributed by atoms with Gasteiger partial charge in [0.2, 0.25) is 5.95 Å². The predicted molar refractivity (Wildman–Crippen MR) is 41.3 cm³/mol. The van der Waals surface area contributed by atoms with Crippen LogP contribution in [0.3, 0.4) is 0 Å². The zero-order valence-corrected chi connectivity index (χ0v) is 7.28. The Kier molecular flexibility index (Phi) is 2.56. The molecule has 0 spiro atoms. The van der Waals surface area contributed by atoms with Crippen molar-refractivity contribution in [1.82, 2.24) is 4.98 Å². The smallest absolute Gasteiger partial charge is 0.268 e. The topological polar surface area (TPSA) is 38.9 Å². The average Bonchev–Trinajstić information content (AvgIpc) is 1.96. The minimum absolute atomic E-state index is 0.142. The van der Waals surface area contributed by atoms with Gasteiger partial charge < -0.3 is 5.73 Å². The van der Waals surface area contributed by atoms with E-state index in [2.05, 4.69) is 20.9 Å². The summed E-state index contributed by atoms with van der Waals surface area (Å²) < 4.78 is 36.8. The fourth-order valence-electron chi connectivity index (χ4n) is 0.647. The molecule has 2 N–H and O–H groups in total. The van der Waals surface area contributed by atoms with Gasteiger partial charge in [0.15, 0.2) is 0 Å². The summed E-state index contributed by atoms with van der Waals surface area (Å²) >= 11 is 2.86. The number of nitrogens with zero attached hydrogens (tertiary/aromatic N) is 1. The first-order valence-corrected chi connectivity index (χ1v) is 3.71. The molecule has 12 heavy (non-hydrogen) atoms. The number of pyridine rings is 1. The summed E-state index contributed by atoms with van der Waals surface area (Å²) in [6.45, 7) is 0. The van der Waals surface area contributed by atoms with E-state index >= 15 is 0 Å². The molecule has 0 radical (unpaired) electrons. The van der Waals surface area contributed by atoms with Gasteiger partial charge in [0.05, 0.1) is 10.0 Å². The van der Waals surface area contributed by atoms with E-state index < -0.39 is 17.9 Å². The number of hydrogen-bond acceptors (Lipinski definition) is 2. The monoisotopic (exact) mass is 240 g/mol. The molecule has 0 bridgehead atoms. The molecule has 1 aromatic rings. The Morgan fingerprint density at radius 2 is 2.08 bits per heavy atom. The van der Waals surface area contributed by atoms with Crippen molar-refractivity contribution >= 4 is 21.7 Å². The van der Waals surface area contributed by atoms with E-state index in [0.717, 1.165) is 6.07 Å². The molecule has 1 heterocycles. The molecule has 0 saturated heterocycles. The standard InChI is InChI=1S/C6H4BrF3N2/c7-3-1-2(4(8)9)5(10)12-6(3)11/h1,4H,(H2,11,12). The van der Waals surface area contributed by atoms with Gasteiger partial charge in [-0.2, -0.15) is 4.39 Å². The highest BCUT2D eigenvalue weighted by molar-refractivity contribution is 9.10. The van der Waals surface area contributed by atoms with Crippen molar-refractivity contribution in [3.63, 3.8) is 0 Å². The van der Waals surface area contributed by atoms with E-state index in [1.807, 2.05) is 0 Å². The number of anilines is 1. The lowest BCUT2D eigenvalue weighted by Crippen LogP contribution is -2.00. The maximum Gasteiger partial charge on any atom is 0.268 e. The maximum absolute atomic E-state index is 12.6. The summed E-state index contributed by atoms with van der Waals surface area (Å²) in [4.78, 5) is 3.08. The van der Waals surface area contributed by atoms with Crippen molar-refractivity contribution < 1.29 is 13.2 Å². The number of alkyl halides is 2. The van der Waals surface area contributed by atoms with Crippen molar-refractivity contribution in [3.05, 3.63) is 22.1 Å². The molecular formula is C6H4BrF3N2. The van der Waals surface area contributed by atoms with Crippen LogP contribution in [0, 0.1) is 5.95 Å². The molecule has 1 aromatic heterocycles. The Morgan fingerprint density at radius 1 is 1.50 bits per heavy atom. The summed E-state index contributed by atoms with van der Waals surface area (Å²) in [5.74, 6) is -1.37. The summed E-state index contributed by atoms with van der Waals surface area (Å²) in [5.41, 5.74) is 4.39. The Morgan fingerprint density at radius 3 is 2.58 bits per heavy atom. The number of halogens is 4. The first-order valence-electron chi connectivity index (χ1n) is 2.92. The second-order valence-corrected chi connectivity index (χ2v) is 2.89. The highest BCUT2D eigenvalue weighted by Gasteiger charge is 2.16. The normalized spacial score (nSPS) is 10.8. The third-order valence-corrected chi connectivity index (χ3v) is 1.85. The molecule has 2 nitrogen and oxygen atoms in total. The van der Waals surface area contributed by atoms with E-state index in [1.165, 1.54) is 0 Å². The van der Waals surface area contributed by atoms with Crippen LogP contribution < -0.4 is 5.73 Å². The molecule has 6 heteroatoms. The number of nitrogens with two attached hydrogens (primary N) is 1. The van der Waals surface area contributed by atoms with Crippen LogP contribution in [-0.2, 0) is 0 Å². The highest BCUT2D eigenvalue weighted by Crippen LogP contribution is 2.26. The predicted octanol–water partition coefficient (Wildman–Crippen LogP) is 2.50. The van der Waals surface area contributed by atoms with Crippen LogP contribution in [0.25, 0.3) is 0 Å². The van der Waals surface area contributed by atoms with Gasteiger partial charge in [-0.1, -0.05) is 0 Å². The van der Waals surface area contributed by atoms with Gasteiger partial charge in [-0.05, 0) is 22.0 Å². The molecule has 0 unspecified atom stereocenters. The largest absolute Gasteiger partial charge is 0.383 e. The summed E-state index contributed by atoms with van der Waals surface area (Å²) in [5, 5.41) is 0. The maximum atomic E-state index is 12.6. The summed E-state index contributed by atoms with van der Waals surface area (Å²) in [7, 11) is 0. The number of nitrogen functional groups attached to an aromatic ring is 1. The molecule has 0 aliphatic carbocycles. The van der Waals surface area contributed by atoms with Crippen LogP contribution in [-0.4, -0.2) is 4.98 Å². The Hall–Kier alpha value is -0.780. The van der Waals surface area contributed by atoms with Gasteiger partial charge >= 0.3 is 0 Å². The molecule has 0 atom stereocenters. The Labute approximate surface area is 74.7 Å². The van der Waals surface area contributed by atoms with Crippen molar-refractivity contribution in [1.29, 1.82) is 0 Å². The van der Waals surface area contributed by atoms with Crippen LogP contribution >= 0.6 is 15.9 Å². The van der Waals surface area contributed by atoms with E-state index in [9.17, 15) is 13.2 Å². The van der Waals surface area contributed by atoms with Gasteiger partial charge in [0.25, 0.3) is 6.43 Å². The molecular weight excluding hydrogens is 237 g/mol. The molecule has 0 aliphatic heterocycles. The van der Waals surface area contributed by atoms with Gasteiger partial charge in [0.1, 0.15) is 5.82 Å². The third kappa shape index (κ3) is 1.69. The van der Waals surface area contributed by atoms with Crippen LogP contribution in [0.2, 0.25) is 0 Å². The lowest BCUT2D eigenvalue weighted by molar-refractivity contribution is 0.145. The van der Waals surface area contributed by atoms with E-state index in [4.69, 9.17) is 5.73 Å². The van der Waals surface area contributed by atoms with E-state index in [1.54, 1.807) is 0 Å². The fourth-order valence-corrected chi connectivity index (χ4v) is 0.982. The van der Waals surface area contributed by atoms with Crippen LogP contribution in [0.5, 0.6) is 0 Å². The third-order valence-electron chi connectivity index (χ3n) is 1.22. The molecule has 0 aliphatic rings. The molecule has 0 aromatic carbocycles. The Balaban J connectivity index is 3.23. The SMILES string of the molecule is Nc1nc(F)c(C(F)F)cc1Br. The first-order chi connectivity index (χ1) is 5.52. The number of hydrogen-bond donors (Lipinski definition) is 1. The van der Waals surface area contributed by atoms with E-state index in [0.29, 0.717) is 0 Å². The first kappa shape index (κ1) is 9.31. The molecule has 66 valence electrons. The minimum atomic E-state index is -2.88. The summed E-state index contributed by atoms with van der Waals surface area (Å²) in [6.07, 6.45) is -2.88. The average molecular weight is 241 g/mol. The van der Waals surface area contributed by atoms with Gasteiger partial charge in [-0.25, -0.2) is 13.8 Å². The van der Waals surface area contributed by atoms with Gasteiger partial charge in [0, 0.05) is 0 Å². The quantitative estimate of drug-likeness (QED) is 0.767. The highest BCUT2D eigenvalue weighted by atomic mass is 79.9. The lowest BCUT2D eigenvalue weighted by Gasteiger charge is -2.03. The van der Waals surface area contributed by atoms with Crippen LogP contribution in [0.4, 0.5) is 19.0 Å². The van der Waals surface area contributed by atoms with Crippen molar-refractivity contribution in [3.8, 4) is 0 Å². The lowest BCUT2D eigenvalue weighted by atomic mass is 10.3. The zero-order chi connectivity index (χ0) is 9.30. The molecule has 0 amide bonds. The number of rotatable bonds is 1. The molecule has 1 rings (SSSR count). The second-order valence-electron chi connectivity index (χ2n) is 2.04. The van der Waals surface area contributed by atoms with Crippen molar-refractivity contribution in [2.75, 3.05) is 5.73 Å². The van der Waals surface area contributed by atoms with Crippen LogP contribution in [0.15, 0.2) is 10.5 Å². The molecule has 0 saturated carbocycles. The van der Waals surface area contributed by atoms with Gasteiger partial charge in [-0.3, -0.25) is 0 Å². The fraction of sp³-hybridized carbons (Fsp3) is 0.167. The minimum Gasteiger partial charge on any atom is -0.383 e. The van der Waals surface area contributed by atoms with Gasteiger partial charge in [-0.15, -0.1) is 0 Å². The van der Waals surface area contributed by atoms with Crippen molar-refractivity contribution in [2.24, 2.45) is 0 Å². The van der Waals surface area contributed by atoms with Crippen molar-refractivity contribution in [2.45, 2.75) is 6.43 Å².